The Bertz CT molecular complexity index is 306. The van der Waals surface area contributed by atoms with E-state index in [0.717, 1.165) is 0 Å². The predicted octanol–water partition coefficient (Wildman–Crippen LogP) is -1.64. The number of sulfone groups is 1. The first-order valence-electron chi connectivity index (χ1n) is 2.59. The fraction of sp³-hybridized carbons (Fsp3) is 0.250. The summed E-state index contributed by atoms with van der Waals surface area (Å²) in [5.41, 5.74) is 0. The van der Waals surface area contributed by atoms with Gasteiger partial charge in [-0.25, -0.2) is 13.2 Å². The Morgan fingerprint density at radius 1 is 1.36 bits per heavy atom. The molecule has 1 unspecified atom stereocenters. The van der Waals surface area contributed by atoms with E-state index in [2.05, 4.69) is 6.26 Å². The van der Waals surface area contributed by atoms with Gasteiger partial charge in [-0.15, -0.1) is 0 Å². The van der Waals surface area contributed by atoms with Crippen molar-refractivity contribution < 1.29 is 18.0 Å². The number of rotatable bonds is 1. The van der Waals surface area contributed by atoms with Crippen LogP contribution in [0.5, 0.6) is 0 Å². The van der Waals surface area contributed by atoms with Gasteiger partial charge in [0, 0.05) is 0 Å². The van der Waals surface area contributed by atoms with Crippen LogP contribution in [-0.4, -0.2) is 25.7 Å². The molecule has 0 aromatic carbocycles. The number of carbonyl (C=O) groups excluding carboxylic acids is 2. The molecular weight excluding hydrogens is 172 g/mol. The molecular formula is C4H5N2O4S. The Labute approximate surface area is 62.9 Å². The number of imide groups is 1. The number of carbonyl (C=O) groups is 2. The molecule has 0 saturated carbocycles. The van der Waals surface area contributed by atoms with Crippen LogP contribution in [0.1, 0.15) is 0 Å². The van der Waals surface area contributed by atoms with Crippen molar-refractivity contribution in [1.82, 2.24) is 10.6 Å². The molecule has 0 aliphatic carbocycles. The van der Waals surface area contributed by atoms with Crippen molar-refractivity contribution in [3.8, 4) is 0 Å². The molecule has 7 heteroatoms. The molecule has 61 valence electrons. The third-order valence-corrected chi connectivity index (χ3v) is 2.15. The van der Waals surface area contributed by atoms with E-state index in [1.54, 1.807) is 5.32 Å². The molecule has 1 aliphatic rings. The first-order valence-corrected chi connectivity index (χ1v) is 4.31. The Morgan fingerprint density at radius 2 is 1.91 bits per heavy atom. The average molecular weight is 177 g/mol. The Morgan fingerprint density at radius 3 is 2.09 bits per heavy atom. The summed E-state index contributed by atoms with van der Waals surface area (Å²) in [6, 6.07) is -0.813. The molecule has 1 rings (SSSR count). The number of amides is 3. The van der Waals surface area contributed by atoms with Crippen molar-refractivity contribution >= 4 is 21.8 Å². The molecule has 1 fully saturated rings. The number of hydrogen-bond donors (Lipinski definition) is 2. The highest BCUT2D eigenvalue weighted by atomic mass is 32.2. The van der Waals surface area contributed by atoms with Gasteiger partial charge in [0.1, 0.15) is 0 Å². The molecule has 11 heavy (non-hydrogen) atoms. The Balaban J connectivity index is 2.94. The molecule has 1 radical (unpaired) electrons. The number of urea groups is 1. The summed E-state index contributed by atoms with van der Waals surface area (Å²) in [4.78, 5) is 21.0. The lowest BCUT2D eigenvalue weighted by Crippen LogP contribution is -2.35. The highest BCUT2D eigenvalue weighted by Gasteiger charge is 2.37. The van der Waals surface area contributed by atoms with Crippen LogP contribution in [0.25, 0.3) is 0 Å². The highest BCUT2D eigenvalue weighted by molar-refractivity contribution is 7.93. The van der Waals surface area contributed by atoms with E-state index in [1.807, 2.05) is 5.32 Å². The summed E-state index contributed by atoms with van der Waals surface area (Å²) in [5, 5.41) is 2.13. The van der Waals surface area contributed by atoms with Crippen molar-refractivity contribution in [2.45, 2.75) is 5.37 Å². The Kier molecular flexibility index (Phi) is 1.59. The molecule has 1 atom stereocenters. The first-order chi connectivity index (χ1) is 4.91. The number of nitrogens with one attached hydrogen (secondary N) is 2. The standard InChI is InChI=1S/C4H5N2O4S/c1-11(9,10)3-2(7)5-4(8)6-3/h3H,1H2,(H2,5,6,7,8). The van der Waals surface area contributed by atoms with Gasteiger partial charge >= 0.3 is 6.03 Å². The third kappa shape index (κ3) is 1.48. The van der Waals surface area contributed by atoms with Gasteiger partial charge in [-0.3, -0.25) is 10.1 Å². The maximum Gasteiger partial charge on any atom is 0.322 e. The zero-order valence-corrected chi connectivity index (χ0v) is 6.14. The summed E-state index contributed by atoms with van der Waals surface area (Å²) >= 11 is 0. The van der Waals surface area contributed by atoms with Gasteiger partial charge in [0.25, 0.3) is 5.91 Å². The minimum absolute atomic E-state index is 0.813. The fourth-order valence-corrected chi connectivity index (χ4v) is 1.32. The summed E-state index contributed by atoms with van der Waals surface area (Å²) in [6.45, 7) is 0. The van der Waals surface area contributed by atoms with Crippen LogP contribution in [0.4, 0.5) is 4.79 Å². The van der Waals surface area contributed by atoms with Gasteiger partial charge in [0.15, 0.2) is 9.84 Å². The van der Waals surface area contributed by atoms with E-state index < -0.39 is 27.1 Å². The molecule has 0 bridgehead atoms. The second-order valence-corrected chi connectivity index (χ2v) is 3.80. The average Bonchev–Trinajstić information content (AvgIpc) is 2.08. The molecule has 1 heterocycles. The lowest BCUT2D eigenvalue weighted by Gasteiger charge is -2.01. The van der Waals surface area contributed by atoms with Gasteiger partial charge in [0.2, 0.25) is 5.37 Å². The van der Waals surface area contributed by atoms with E-state index in [1.165, 1.54) is 0 Å². The summed E-state index contributed by atoms with van der Waals surface area (Å²) in [7, 11) is -3.78. The van der Waals surface area contributed by atoms with E-state index in [4.69, 9.17) is 0 Å². The van der Waals surface area contributed by atoms with E-state index in [0.29, 0.717) is 0 Å². The van der Waals surface area contributed by atoms with Gasteiger partial charge in [0.05, 0.1) is 6.26 Å². The molecule has 3 amide bonds. The van der Waals surface area contributed by atoms with Gasteiger partial charge in [-0.2, -0.15) is 0 Å². The zero-order valence-electron chi connectivity index (χ0n) is 5.33. The molecule has 0 spiro atoms. The van der Waals surface area contributed by atoms with Crippen molar-refractivity contribution in [1.29, 1.82) is 0 Å². The van der Waals surface area contributed by atoms with Crippen molar-refractivity contribution in [2.24, 2.45) is 0 Å². The summed E-state index contributed by atoms with van der Waals surface area (Å²) in [6.07, 6.45) is 2.73. The fourth-order valence-electron chi connectivity index (χ4n) is 0.651. The van der Waals surface area contributed by atoms with Crippen LogP contribution < -0.4 is 10.6 Å². The SMILES string of the molecule is [CH2]S(=O)(=O)C1NC(=O)NC1=O. The zero-order chi connectivity index (χ0) is 8.65. The van der Waals surface area contributed by atoms with Gasteiger partial charge in [-0.1, -0.05) is 0 Å². The van der Waals surface area contributed by atoms with Crippen molar-refractivity contribution in [2.75, 3.05) is 0 Å². The minimum atomic E-state index is -3.78. The highest BCUT2D eigenvalue weighted by Crippen LogP contribution is 2.01. The molecule has 1 aliphatic heterocycles. The first kappa shape index (κ1) is 7.99. The van der Waals surface area contributed by atoms with Crippen LogP contribution in [0.2, 0.25) is 0 Å². The lowest BCUT2D eigenvalue weighted by molar-refractivity contribution is -0.118. The van der Waals surface area contributed by atoms with Crippen molar-refractivity contribution in [3.63, 3.8) is 0 Å². The van der Waals surface area contributed by atoms with Crippen LogP contribution in [0, 0.1) is 6.26 Å². The minimum Gasteiger partial charge on any atom is -0.313 e. The molecule has 6 nitrogen and oxygen atoms in total. The number of hydrogen-bond acceptors (Lipinski definition) is 4. The normalized spacial score (nSPS) is 24.6. The van der Waals surface area contributed by atoms with Gasteiger partial charge < -0.3 is 5.32 Å². The van der Waals surface area contributed by atoms with Crippen LogP contribution in [0.15, 0.2) is 0 Å². The maximum atomic E-state index is 10.6. The second kappa shape index (κ2) is 2.19. The monoisotopic (exact) mass is 177 g/mol. The van der Waals surface area contributed by atoms with E-state index >= 15 is 0 Å². The third-order valence-electron chi connectivity index (χ3n) is 1.10. The molecule has 1 saturated heterocycles. The summed E-state index contributed by atoms with van der Waals surface area (Å²) in [5.74, 6) is -0.884. The molecule has 0 aromatic rings. The largest absolute Gasteiger partial charge is 0.322 e. The lowest BCUT2D eigenvalue weighted by atomic mass is 10.6. The quantitative estimate of drug-likeness (QED) is 0.470. The van der Waals surface area contributed by atoms with Gasteiger partial charge in [-0.05, 0) is 0 Å². The van der Waals surface area contributed by atoms with Crippen LogP contribution in [0.3, 0.4) is 0 Å². The smallest absolute Gasteiger partial charge is 0.313 e. The Hall–Kier alpha value is -1.11. The van der Waals surface area contributed by atoms with Crippen LogP contribution in [-0.2, 0) is 14.6 Å². The van der Waals surface area contributed by atoms with Crippen molar-refractivity contribution in [3.05, 3.63) is 6.26 Å². The maximum absolute atomic E-state index is 10.6. The predicted molar refractivity (Wildman–Crippen MR) is 34.7 cm³/mol. The summed E-state index contributed by atoms with van der Waals surface area (Å²) < 4.78 is 21.2. The molecule has 2 N–H and O–H groups in total. The topological polar surface area (TPSA) is 92.3 Å². The van der Waals surface area contributed by atoms with E-state index in [-0.39, 0.29) is 0 Å². The van der Waals surface area contributed by atoms with Crippen LogP contribution >= 0.6 is 0 Å². The van der Waals surface area contributed by atoms with E-state index in [9.17, 15) is 18.0 Å². The molecule has 0 aromatic heterocycles. The second-order valence-electron chi connectivity index (χ2n) is 2.01.